The average Bonchev–Trinajstić information content (AvgIpc) is 2.65. The molecule has 1 unspecified atom stereocenters. The van der Waals surface area contributed by atoms with E-state index in [1.54, 1.807) is 0 Å². The van der Waals surface area contributed by atoms with Crippen LogP contribution in [0.25, 0.3) is 0 Å². The van der Waals surface area contributed by atoms with Crippen LogP contribution >= 0.6 is 0 Å². The number of rotatable bonds is 9. The summed E-state index contributed by atoms with van der Waals surface area (Å²) in [5, 5.41) is 10.0. The summed E-state index contributed by atoms with van der Waals surface area (Å²) in [6, 6.07) is 5.54. The summed E-state index contributed by atoms with van der Waals surface area (Å²) >= 11 is 0. The molecule has 0 aliphatic heterocycles. The fourth-order valence-corrected chi connectivity index (χ4v) is 4.56. The van der Waals surface area contributed by atoms with Gasteiger partial charge in [-0.15, -0.1) is 0 Å². The summed E-state index contributed by atoms with van der Waals surface area (Å²) in [5.41, 5.74) is 5.13. The minimum absolute atomic E-state index is 0.255. The molecule has 0 fully saturated rings. The highest BCUT2D eigenvalue weighted by Crippen LogP contribution is 2.18. The van der Waals surface area contributed by atoms with Gasteiger partial charge in [0.1, 0.15) is 17.7 Å². The number of hydrogen-bond donors (Lipinski definition) is 3. The van der Waals surface area contributed by atoms with E-state index in [0.717, 1.165) is 48.5 Å². The van der Waals surface area contributed by atoms with Crippen molar-refractivity contribution >= 4 is 26.0 Å². The number of primary amides is 1. The number of hydroxylamine groups is 1. The smallest absolute Gasteiger partial charge is 0.265 e. The Bertz CT molecular complexity index is 1070. The first-order chi connectivity index (χ1) is 13.4. The molecule has 0 bridgehead atoms. The maximum Gasteiger partial charge on any atom is 0.265 e. The fraction of sp³-hybridized carbons (Fsp3) is 0.188. The molecule has 13 heteroatoms. The van der Waals surface area contributed by atoms with Crippen molar-refractivity contribution < 1.29 is 35.6 Å². The Morgan fingerprint density at radius 3 is 1.86 bits per heavy atom. The molecule has 0 aliphatic carbocycles. The number of carbonyl (C=O) groups excluding carboxylic acids is 1. The minimum atomic E-state index is -4.62. The van der Waals surface area contributed by atoms with Crippen LogP contribution in [0.4, 0.5) is 8.78 Å². The molecule has 1 atom stereocenters. The third-order valence-corrected chi connectivity index (χ3v) is 6.88. The molecule has 1 amide bonds. The number of carbonyl (C=O) groups is 1. The Morgan fingerprint density at radius 1 is 0.966 bits per heavy atom. The van der Waals surface area contributed by atoms with Crippen molar-refractivity contribution in [1.29, 1.82) is 0 Å². The Hall–Kier alpha value is -2.45. The van der Waals surface area contributed by atoms with Crippen molar-refractivity contribution in [3.05, 3.63) is 60.2 Å². The highest BCUT2D eigenvalue weighted by molar-refractivity contribution is 7.89. The molecule has 0 heterocycles. The zero-order valence-corrected chi connectivity index (χ0v) is 16.3. The molecule has 0 spiro atoms. The van der Waals surface area contributed by atoms with Crippen molar-refractivity contribution in [3.63, 3.8) is 0 Å². The molecule has 0 aromatic heterocycles. The summed E-state index contributed by atoms with van der Waals surface area (Å²) in [4.78, 5) is 10.9. The van der Waals surface area contributed by atoms with E-state index in [1.807, 2.05) is 0 Å². The molecule has 158 valence electrons. The highest BCUT2D eigenvalue weighted by atomic mass is 32.2. The molecule has 0 aliphatic rings. The maximum atomic E-state index is 13.0. The highest BCUT2D eigenvalue weighted by Gasteiger charge is 2.34. The molecule has 2 aromatic rings. The average molecular weight is 449 g/mol. The van der Waals surface area contributed by atoms with Gasteiger partial charge in [-0.3, -0.25) is 10.0 Å². The van der Waals surface area contributed by atoms with Crippen molar-refractivity contribution in [1.82, 2.24) is 9.19 Å². The molecule has 0 radical (unpaired) electrons. The van der Waals surface area contributed by atoms with Crippen molar-refractivity contribution in [3.8, 4) is 0 Å². The lowest BCUT2D eigenvalue weighted by Gasteiger charge is -2.23. The Labute approximate surface area is 165 Å². The number of amides is 1. The zero-order valence-electron chi connectivity index (χ0n) is 14.7. The summed E-state index contributed by atoms with van der Waals surface area (Å²) in [5.74, 6) is -2.59. The lowest BCUT2D eigenvalue weighted by Crippen LogP contribution is -2.47. The Balaban J connectivity index is 2.12. The van der Waals surface area contributed by atoms with Crippen LogP contribution in [-0.2, 0) is 24.8 Å². The van der Waals surface area contributed by atoms with Gasteiger partial charge in [0.25, 0.3) is 10.0 Å². The number of sulfonamides is 2. The lowest BCUT2D eigenvalue weighted by atomic mass is 10.2. The van der Waals surface area contributed by atoms with Gasteiger partial charge in [0.2, 0.25) is 15.9 Å². The second kappa shape index (κ2) is 8.92. The molecule has 0 saturated carbocycles. The van der Waals surface area contributed by atoms with Crippen LogP contribution in [0.5, 0.6) is 0 Å². The van der Waals surface area contributed by atoms with E-state index in [0.29, 0.717) is 0 Å². The number of nitrogens with two attached hydrogens (primary N) is 1. The van der Waals surface area contributed by atoms with E-state index < -0.39 is 61.5 Å². The largest absolute Gasteiger partial charge is 0.368 e. The van der Waals surface area contributed by atoms with Crippen LogP contribution in [0.1, 0.15) is 6.42 Å². The molecule has 2 aromatic carbocycles. The third kappa shape index (κ3) is 5.55. The summed E-state index contributed by atoms with van der Waals surface area (Å²) < 4.78 is 76.7. The van der Waals surface area contributed by atoms with Crippen LogP contribution in [0.15, 0.2) is 58.3 Å². The van der Waals surface area contributed by atoms with E-state index in [4.69, 9.17) is 5.73 Å². The van der Waals surface area contributed by atoms with Gasteiger partial charge >= 0.3 is 0 Å². The van der Waals surface area contributed by atoms with E-state index in [2.05, 4.69) is 4.72 Å². The predicted octanol–water partition coefficient (Wildman–Crippen LogP) is 0.567. The fourth-order valence-electron chi connectivity index (χ4n) is 2.27. The first-order valence-electron chi connectivity index (χ1n) is 7.98. The van der Waals surface area contributed by atoms with Gasteiger partial charge in [-0.05, 0) is 55.0 Å². The molecule has 0 saturated heterocycles. The second-order valence-electron chi connectivity index (χ2n) is 5.79. The van der Waals surface area contributed by atoms with Crippen molar-refractivity contribution in [2.45, 2.75) is 22.3 Å². The SMILES string of the molecule is NC(=O)C(CCNS(=O)(=O)c1ccc(F)cc1)N(O)S(=O)(=O)c1ccc(F)cc1. The van der Waals surface area contributed by atoms with Crippen molar-refractivity contribution in [2.75, 3.05) is 6.54 Å². The molecular formula is C16H17F2N3O6S2. The third-order valence-electron chi connectivity index (χ3n) is 3.79. The van der Waals surface area contributed by atoms with E-state index in [9.17, 15) is 35.6 Å². The first kappa shape index (κ1) is 22.8. The minimum Gasteiger partial charge on any atom is -0.368 e. The van der Waals surface area contributed by atoms with Gasteiger partial charge in [-0.25, -0.2) is 30.3 Å². The summed E-state index contributed by atoms with van der Waals surface area (Å²) in [6.45, 7) is -0.469. The zero-order chi connectivity index (χ0) is 21.8. The van der Waals surface area contributed by atoms with Crippen LogP contribution in [0, 0.1) is 11.6 Å². The van der Waals surface area contributed by atoms with Crippen LogP contribution in [0.2, 0.25) is 0 Å². The normalized spacial score (nSPS) is 13.4. The van der Waals surface area contributed by atoms with Crippen LogP contribution < -0.4 is 10.5 Å². The molecule has 9 nitrogen and oxygen atoms in total. The predicted molar refractivity (Wildman–Crippen MR) is 96.4 cm³/mol. The van der Waals surface area contributed by atoms with E-state index in [1.165, 1.54) is 0 Å². The number of halogens is 2. The van der Waals surface area contributed by atoms with Gasteiger partial charge in [-0.2, -0.15) is 0 Å². The Kier molecular flexibility index (Phi) is 7.02. The van der Waals surface area contributed by atoms with Gasteiger partial charge in [-0.1, -0.05) is 4.47 Å². The van der Waals surface area contributed by atoms with Crippen LogP contribution in [0.3, 0.4) is 0 Å². The molecule has 4 N–H and O–H groups in total. The first-order valence-corrected chi connectivity index (χ1v) is 10.9. The lowest BCUT2D eigenvalue weighted by molar-refractivity contribution is -0.131. The number of nitrogens with one attached hydrogen (secondary N) is 1. The molecule has 2 rings (SSSR count). The molecule has 29 heavy (non-hydrogen) atoms. The van der Waals surface area contributed by atoms with E-state index >= 15 is 0 Å². The van der Waals surface area contributed by atoms with Gasteiger partial charge in [0.05, 0.1) is 9.79 Å². The summed E-state index contributed by atoms with van der Waals surface area (Å²) in [7, 11) is -8.70. The topological polar surface area (TPSA) is 147 Å². The van der Waals surface area contributed by atoms with Crippen LogP contribution in [-0.4, -0.2) is 45.0 Å². The number of benzene rings is 2. The number of hydrogen-bond acceptors (Lipinski definition) is 6. The molecular weight excluding hydrogens is 432 g/mol. The quantitative estimate of drug-likeness (QED) is 0.477. The second-order valence-corrected chi connectivity index (χ2v) is 9.35. The van der Waals surface area contributed by atoms with Gasteiger partial charge in [0, 0.05) is 6.54 Å². The standard InChI is InChI=1S/C16H17F2N3O6S2/c17-11-1-5-13(6-2-11)28(24,25)20-10-9-15(16(19)22)21(23)29(26,27)14-7-3-12(18)4-8-14/h1-8,15,20,23H,9-10H2,(H2,19,22). The number of nitrogens with zero attached hydrogens (tertiary/aromatic N) is 1. The maximum absolute atomic E-state index is 13.0. The van der Waals surface area contributed by atoms with E-state index in [-0.39, 0.29) is 9.36 Å². The van der Waals surface area contributed by atoms with Crippen molar-refractivity contribution in [2.24, 2.45) is 5.73 Å². The monoisotopic (exact) mass is 449 g/mol. The Morgan fingerprint density at radius 2 is 1.41 bits per heavy atom. The van der Waals surface area contributed by atoms with Gasteiger partial charge < -0.3 is 5.73 Å². The summed E-state index contributed by atoms with van der Waals surface area (Å²) in [6.07, 6.45) is -0.507. The van der Waals surface area contributed by atoms with Gasteiger partial charge in [0.15, 0.2) is 0 Å².